The molecule has 0 bridgehead atoms. The molecular weight excluding hydrogens is 294 g/mol. The van der Waals surface area contributed by atoms with E-state index in [0.29, 0.717) is 0 Å². The number of hydrogen-bond acceptors (Lipinski definition) is 3. The van der Waals surface area contributed by atoms with Crippen LogP contribution in [0.2, 0.25) is 5.02 Å². The van der Waals surface area contributed by atoms with E-state index in [1.54, 1.807) is 4.88 Å². The lowest BCUT2D eigenvalue weighted by molar-refractivity contribution is 0.704. The lowest BCUT2D eigenvalue weighted by Crippen LogP contribution is -2.16. The van der Waals surface area contributed by atoms with Gasteiger partial charge < -0.3 is 5.32 Å². The number of nitrogens with one attached hydrogen (secondary N) is 1. The molecule has 1 aromatic carbocycles. The number of benzene rings is 1. The largest absolute Gasteiger partial charge is 0.309 e. The van der Waals surface area contributed by atoms with E-state index in [-0.39, 0.29) is 6.04 Å². The Labute approximate surface area is 127 Å². The summed E-state index contributed by atoms with van der Waals surface area (Å²) in [5.41, 5.74) is 2.68. The van der Waals surface area contributed by atoms with E-state index in [1.807, 2.05) is 42.3 Å². The molecular formula is C15H16ClNS2. The minimum Gasteiger partial charge on any atom is -0.309 e. The van der Waals surface area contributed by atoms with Gasteiger partial charge >= 0.3 is 0 Å². The van der Waals surface area contributed by atoms with Crippen LogP contribution in [-0.4, -0.2) is 12.8 Å². The van der Waals surface area contributed by atoms with Crippen molar-refractivity contribution < 1.29 is 0 Å². The summed E-state index contributed by atoms with van der Waals surface area (Å²) in [7, 11) is 2.00. The van der Waals surface area contributed by atoms with Crippen LogP contribution >= 0.6 is 34.7 Å². The first kappa shape index (κ1) is 13.5. The molecule has 0 amide bonds. The van der Waals surface area contributed by atoms with E-state index < -0.39 is 0 Å². The Balaban J connectivity index is 1.98. The van der Waals surface area contributed by atoms with Crippen LogP contribution in [0, 0.1) is 0 Å². The second kappa shape index (κ2) is 5.88. The highest BCUT2D eigenvalue weighted by atomic mass is 35.5. The maximum atomic E-state index is 6.33. The van der Waals surface area contributed by atoms with Crippen molar-refractivity contribution in [1.29, 1.82) is 0 Å². The topological polar surface area (TPSA) is 12.0 Å². The number of fused-ring (bicyclic) bond motifs is 1. The molecule has 0 saturated carbocycles. The van der Waals surface area contributed by atoms with Crippen LogP contribution in [-0.2, 0) is 12.2 Å². The molecule has 0 saturated heterocycles. The van der Waals surface area contributed by atoms with E-state index in [1.165, 1.54) is 22.6 Å². The minimum atomic E-state index is 0.203. The Hall–Kier alpha value is -0.480. The van der Waals surface area contributed by atoms with E-state index in [0.717, 1.165) is 16.3 Å². The second-order valence-corrected chi connectivity index (χ2v) is 7.32. The van der Waals surface area contributed by atoms with E-state index in [9.17, 15) is 0 Å². The first-order valence-corrected chi connectivity index (χ1v) is 8.75. The highest BCUT2D eigenvalue weighted by molar-refractivity contribution is 7.98. The van der Waals surface area contributed by atoms with Crippen molar-refractivity contribution in [3.63, 3.8) is 0 Å². The van der Waals surface area contributed by atoms with Crippen molar-refractivity contribution in [2.75, 3.05) is 12.8 Å². The molecule has 4 heteroatoms. The van der Waals surface area contributed by atoms with Gasteiger partial charge in [-0.15, -0.1) is 11.3 Å². The molecule has 19 heavy (non-hydrogen) atoms. The van der Waals surface area contributed by atoms with Crippen molar-refractivity contribution in [3.8, 4) is 0 Å². The quantitative estimate of drug-likeness (QED) is 0.896. The molecule has 1 aliphatic heterocycles. The number of rotatable bonds is 3. The van der Waals surface area contributed by atoms with E-state index in [2.05, 4.69) is 23.5 Å². The minimum absolute atomic E-state index is 0.203. The Morgan fingerprint density at radius 3 is 2.89 bits per heavy atom. The van der Waals surface area contributed by atoms with Crippen LogP contribution in [0.25, 0.3) is 0 Å². The molecule has 3 rings (SSSR count). The summed E-state index contributed by atoms with van der Waals surface area (Å²) in [5, 5.41) is 4.24. The van der Waals surface area contributed by atoms with Crippen molar-refractivity contribution in [3.05, 3.63) is 56.2 Å². The summed E-state index contributed by atoms with van der Waals surface area (Å²) in [6.45, 7) is 0. The number of thiophene rings is 1. The monoisotopic (exact) mass is 309 g/mol. The molecule has 1 nitrogen and oxygen atoms in total. The fourth-order valence-electron chi connectivity index (χ4n) is 2.47. The van der Waals surface area contributed by atoms with Gasteiger partial charge in [0.05, 0.1) is 6.04 Å². The Morgan fingerprint density at radius 2 is 2.16 bits per heavy atom. The fraction of sp³-hybridized carbons (Fsp3) is 0.333. The zero-order valence-electron chi connectivity index (χ0n) is 10.8. The normalized spacial score (nSPS) is 16.1. The molecule has 1 aliphatic rings. The van der Waals surface area contributed by atoms with Gasteiger partial charge in [0, 0.05) is 20.5 Å². The molecule has 100 valence electrons. The number of aryl methyl sites for hydroxylation is 1. The molecule has 0 fully saturated rings. The first-order chi connectivity index (χ1) is 9.29. The number of hydrogen-bond donors (Lipinski definition) is 1. The van der Waals surface area contributed by atoms with Gasteiger partial charge in [-0.05, 0) is 42.5 Å². The summed E-state index contributed by atoms with van der Waals surface area (Å²) in [5.74, 6) is 2.41. The van der Waals surface area contributed by atoms with E-state index in [4.69, 9.17) is 11.6 Å². The van der Waals surface area contributed by atoms with Crippen LogP contribution in [0.15, 0.2) is 30.3 Å². The van der Waals surface area contributed by atoms with Crippen molar-refractivity contribution in [2.45, 2.75) is 18.2 Å². The Bertz CT molecular complexity index is 556. The number of halogens is 1. The third kappa shape index (κ3) is 2.70. The van der Waals surface area contributed by atoms with Gasteiger partial charge in [-0.3, -0.25) is 0 Å². The molecule has 0 radical (unpaired) electrons. The van der Waals surface area contributed by atoms with Crippen molar-refractivity contribution >= 4 is 34.7 Å². The Kier molecular flexibility index (Phi) is 4.18. The zero-order chi connectivity index (χ0) is 13.2. The van der Waals surface area contributed by atoms with Gasteiger partial charge in [0.2, 0.25) is 0 Å². The van der Waals surface area contributed by atoms with Gasteiger partial charge in [0.25, 0.3) is 0 Å². The van der Waals surface area contributed by atoms with Gasteiger partial charge in [0.15, 0.2) is 0 Å². The Morgan fingerprint density at radius 1 is 1.32 bits per heavy atom. The van der Waals surface area contributed by atoms with Crippen LogP contribution in [0.4, 0.5) is 0 Å². The average molecular weight is 310 g/mol. The predicted molar refractivity (Wildman–Crippen MR) is 86.5 cm³/mol. The third-order valence-corrected chi connectivity index (χ3v) is 6.09. The van der Waals surface area contributed by atoms with E-state index >= 15 is 0 Å². The van der Waals surface area contributed by atoms with Crippen LogP contribution in [0.5, 0.6) is 0 Å². The fourth-order valence-corrected chi connectivity index (χ4v) is 5.22. The average Bonchev–Trinajstić information content (AvgIpc) is 2.85. The van der Waals surface area contributed by atoms with Gasteiger partial charge in [0.1, 0.15) is 0 Å². The molecule has 1 aromatic heterocycles. The smallest absolute Gasteiger partial charge is 0.0683 e. The van der Waals surface area contributed by atoms with Crippen LogP contribution in [0.3, 0.4) is 0 Å². The number of thioether (sulfide) groups is 1. The summed E-state index contributed by atoms with van der Waals surface area (Å²) in [4.78, 5) is 2.93. The summed E-state index contributed by atoms with van der Waals surface area (Å²) >= 11 is 10.3. The molecule has 2 heterocycles. The molecule has 0 aliphatic carbocycles. The molecule has 1 N–H and O–H groups in total. The van der Waals surface area contributed by atoms with Crippen molar-refractivity contribution in [2.24, 2.45) is 0 Å². The highest BCUT2D eigenvalue weighted by Gasteiger charge is 2.20. The molecule has 2 aromatic rings. The summed E-state index contributed by atoms with van der Waals surface area (Å²) in [6.07, 6.45) is 1.21. The summed E-state index contributed by atoms with van der Waals surface area (Å²) < 4.78 is 0. The molecule has 1 atom stereocenters. The molecule has 0 spiro atoms. The van der Waals surface area contributed by atoms with Crippen molar-refractivity contribution in [1.82, 2.24) is 5.32 Å². The molecule has 1 unspecified atom stereocenters. The third-order valence-electron chi connectivity index (χ3n) is 3.44. The second-order valence-electron chi connectivity index (χ2n) is 4.64. The lowest BCUT2D eigenvalue weighted by atomic mass is 10.0. The zero-order valence-corrected chi connectivity index (χ0v) is 13.2. The van der Waals surface area contributed by atoms with Gasteiger partial charge in [-0.2, -0.15) is 11.8 Å². The van der Waals surface area contributed by atoms with Crippen LogP contribution in [0.1, 0.15) is 26.9 Å². The van der Waals surface area contributed by atoms with Crippen LogP contribution < -0.4 is 5.32 Å². The maximum Gasteiger partial charge on any atom is 0.0683 e. The first-order valence-electron chi connectivity index (χ1n) is 6.40. The highest BCUT2D eigenvalue weighted by Crippen LogP contribution is 2.37. The lowest BCUT2D eigenvalue weighted by Gasteiger charge is -2.16. The predicted octanol–water partition coefficient (Wildman–Crippen LogP) is 4.50. The van der Waals surface area contributed by atoms with Gasteiger partial charge in [-0.25, -0.2) is 0 Å². The summed E-state index contributed by atoms with van der Waals surface area (Å²) in [6, 6.07) is 10.7. The maximum absolute atomic E-state index is 6.33. The SMILES string of the molecule is CNC(c1cc2c(s1)CCSC2)c1ccccc1Cl. The van der Waals surface area contributed by atoms with Gasteiger partial charge in [-0.1, -0.05) is 29.8 Å². The standard InChI is InChI=1S/C15H16ClNS2/c1-17-15(11-4-2-3-5-12(11)16)14-8-10-9-18-7-6-13(10)19-14/h2-5,8,15,17H,6-7,9H2,1H3.